The van der Waals surface area contributed by atoms with Gasteiger partial charge in [-0.15, -0.1) is 0 Å². The number of hydrogen-bond acceptors (Lipinski definition) is 2. The summed E-state index contributed by atoms with van der Waals surface area (Å²) in [5.74, 6) is -13.7. The maximum atomic E-state index is 13.5. The molecule has 0 amide bonds. The summed E-state index contributed by atoms with van der Waals surface area (Å²) in [6.07, 6.45) is 21.6. The van der Waals surface area contributed by atoms with E-state index in [0.29, 0.717) is 6.42 Å². The smallest absolute Gasteiger partial charge is 0.336 e. The van der Waals surface area contributed by atoms with Crippen molar-refractivity contribution < 1.29 is 31.5 Å². The zero-order chi connectivity index (χ0) is 24.5. The van der Waals surface area contributed by atoms with Gasteiger partial charge in [0, 0.05) is 6.08 Å². The van der Waals surface area contributed by atoms with E-state index in [2.05, 4.69) is 11.7 Å². The van der Waals surface area contributed by atoms with Gasteiger partial charge in [-0.05, 0) is 12.8 Å². The fraction of sp³-hybridized carbons (Fsp3) is 0.654. The molecular weight excluding hydrogens is 439 g/mol. The number of halogens is 5. The molecule has 0 aliphatic rings. The molecule has 188 valence electrons. The minimum Gasteiger partial charge on any atom is -0.417 e. The SMILES string of the molecule is CCCCCCCCCCCCCCCCCC=CC(=O)Oc1c(F)c(F)c(F)c(F)c1F. The molecule has 1 aromatic rings. The molecule has 0 spiro atoms. The number of unbranched alkanes of at least 4 members (excludes halogenated alkanes) is 15. The normalized spacial score (nSPS) is 11.5. The highest BCUT2D eigenvalue weighted by atomic mass is 19.2. The van der Waals surface area contributed by atoms with Crippen molar-refractivity contribution in [1.82, 2.24) is 0 Å². The third-order valence-electron chi connectivity index (χ3n) is 5.60. The highest BCUT2D eigenvalue weighted by molar-refractivity contribution is 5.84. The first-order valence-electron chi connectivity index (χ1n) is 12.3. The molecule has 0 unspecified atom stereocenters. The molecule has 0 saturated heterocycles. The molecule has 1 rings (SSSR count). The highest BCUT2D eigenvalue weighted by Gasteiger charge is 2.28. The van der Waals surface area contributed by atoms with Crippen molar-refractivity contribution in [2.75, 3.05) is 0 Å². The van der Waals surface area contributed by atoms with Crippen LogP contribution in [0.5, 0.6) is 5.75 Å². The summed E-state index contributed by atoms with van der Waals surface area (Å²) in [5.41, 5.74) is 0. The fourth-order valence-corrected chi connectivity index (χ4v) is 3.62. The van der Waals surface area contributed by atoms with E-state index in [-0.39, 0.29) is 0 Å². The Morgan fingerprint density at radius 1 is 0.606 bits per heavy atom. The first-order valence-corrected chi connectivity index (χ1v) is 12.3. The number of carbonyl (C=O) groups excluding carboxylic acids is 1. The number of hydrogen-bond donors (Lipinski definition) is 0. The summed E-state index contributed by atoms with van der Waals surface area (Å²) >= 11 is 0. The van der Waals surface area contributed by atoms with Crippen LogP contribution >= 0.6 is 0 Å². The maximum absolute atomic E-state index is 13.5. The molecule has 0 fully saturated rings. The van der Waals surface area contributed by atoms with Gasteiger partial charge in [0.15, 0.2) is 0 Å². The lowest BCUT2D eigenvalue weighted by Crippen LogP contribution is -2.11. The van der Waals surface area contributed by atoms with Crippen molar-refractivity contribution >= 4 is 5.97 Å². The van der Waals surface area contributed by atoms with Gasteiger partial charge < -0.3 is 4.74 Å². The quantitative estimate of drug-likeness (QED) is 0.0402. The number of rotatable bonds is 18. The number of allylic oxidation sites excluding steroid dienone is 1. The summed E-state index contributed by atoms with van der Waals surface area (Å²) < 4.78 is 70.5. The van der Waals surface area contributed by atoms with Gasteiger partial charge in [-0.1, -0.05) is 103 Å². The Kier molecular flexibility index (Phi) is 15.5. The second-order valence-corrected chi connectivity index (χ2v) is 8.46. The van der Waals surface area contributed by atoms with Gasteiger partial charge in [-0.2, -0.15) is 8.78 Å². The molecule has 0 aliphatic heterocycles. The number of carbonyl (C=O) groups is 1. The van der Waals surface area contributed by atoms with E-state index in [9.17, 15) is 26.7 Å². The number of benzene rings is 1. The van der Waals surface area contributed by atoms with Crippen molar-refractivity contribution in [3.63, 3.8) is 0 Å². The predicted octanol–water partition coefficient (Wildman–Crippen LogP) is 9.11. The molecule has 0 saturated carbocycles. The molecule has 0 bridgehead atoms. The van der Waals surface area contributed by atoms with Crippen LogP contribution in [-0.2, 0) is 4.79 Å². The molecule has 0 heterocycles. The second kappa shape index (κ2) is 17.5. The van der Waals surface area contributed by atoms with Gasteiger partial charge >= 0.3 is 5.97 Å². The first kappa shape index (κ1) is 29.1. The lowest BCUT2D eigenvalue weighted by Gasteiger charge is -2.07. The van der Waals surface area contributed by atoms with Gasteiger partial charge in [0.2, 0.25) is 34.8 Å². The van der Waals surface area contributed by atoms with E-state index in [1.165, 1.54) is 83.1 Å². The molecule has 33 heavy (non-hydrogen) atoms. The lowest BCUT2D eigenvalue weighted by molar-refractivity contribution is -0.129. The van der Waals surface area contributed by atoms with Gasteiger partial charge in [0.1, 0.15) is 0 Å². The molecule has 0 N–H and O–H groups in total. The Hall–Kier alpha value is -1.92. The van der Waals surface area contributed by atoms with Crippen molar-refractivity contribution in [2.24, 2.45) is 0 Å². The van der Waals surface area contributed by atoms with E-state index in [1.54, 1.807) is 0 Å². The molecule has 0 atom stereocenters. The molecule has 7 heteroatoms. The van der Waals surface area contributed by atoms with E-state index in [0.717, 1.165) is 25.3 Å². The lowest BCUT2D eigenvalue weighted by atomic mass is 10.0. The zero-order valence-corrected chi connectivity index (χ0v) is 19.7. The average molecular weight is 477 g/mol. The molecule has 0 aliphatic carbocycles. The third-order valence-corrected chi connectivity index (χ3v) is 5.60. The number of ether oxygens (including phenoxy) is 1. The van der Waals surface area contributed by atoms with Gasteiger partial charge in [0.05, 0.1) is 0 Å². The van der Waals surface area contributed by atoms with E-state index in [4.69, 9.17) is 0 Å². The van der Waals surface area contributed by atoms with E-state index >= 15 is 0 Å². The summed E-state index contributed by atoms with van der Waals surface area (Å²) in [7, 11) is 0. The minimum absolute atomic E-state index is 0.560. The van der Waals surface area contributed by atoms with Crippen LogP contribution in [0.3, 0.4) is 0 Å². The topological polar surface area (TPSA) is 26.3 Å². The van der Waals surface area contributed by atoms with Crippen molar-refractivity contribution in [1.29, 1.82) is 0 Å². The molecule has 1 aromatic carbocycles. The van der Waals surface area contributed by atoms with Crippen LogP contribution in [0.25, 0.3) is 0 Å². The zero-order valence-electron chi connectivity index (χ0n) is 19.7. The Labute approximate surface area is 194 Å². The fourth-order valence-electron chi connectivity index (χ4n) is 3.62. The summed E-state index contributed by atoms with van der Waals surface area (Å²) in [6, 6.07) is 0. The van der Waals surface area contributed by atoms with Crippen LogP contribution in [0.2, 0.25) is 0 Å². The van der Waals surface area contributed by atoms with Crippen LogP contribution in [0, 0.1) is 29.1 Å². The largest absolute Gasteiger partial charge is 0.417 e. The minimum atomic E-state index is -2.30. The number of esters is 1. The Morgan fingerprint density at radius 2 is 0.970 bits per heavy atom. The molecule has 0 aromatic heterocycles. The van der Waals surface area contributed by atoms with Crippen molar-refractivity contribution in [3.8, 4) is 5.75 Å². The van der Waals surface area contributed by atoms with E-state index in [1.807, 2.05) is 0 Å². The highest BCUT2D eigenvalue weighted by Crippen LogP contribution is 2.29. The van der Waals surface area contributed by atoms with Gasteiger partial charge in [0.25, 0.3) is 0 Å². The van der Waals surface area contributed by atoms with Gasteiger partial charge in [-0.3, -0.25) is 0 Å². The third kappa shape index (κ3) is 11.7. The predicted molar refractivity (Wildman–Crippen MR) is 121 cm³/mol. The molecule has 0 radical (unpaired) electrons. The Bertz CT molecular complexity index is 705. The Morgan fingerprint density at radius 3 is 1.39 bits per heavy atom. The molecular formula is C26H37F5O2. The van der Waals surface area contributed by atoms with Crippen LogP contribution in [0.15, 0.2) is 12.2 Å². The summed E-state index contributed by atoms with van der Waals surface area (Å²) in [6.45, 7) is 2.23. The van der Waals surface area contributed by atoms with Crippen molar-refractivity contribution in [3.05, 3.63) is 41.2 Å². The van der Waals surface area contributed by atoms with E-state index < -0.39 is 40.8 Å². The van der Waals surface area contributed by atoms with Crippen LogP contribution < -0.4 is 4.74 Å². The summed E-state index contributed by atoms with van der Waals surface area (Å²) in [4.78, 5) is 11.6. The second-order valence-electron chi connectivity index (χ2n) is 8.46. The molecule has 2 nitrogen and oxygen atoms in total. The van der Waals surface area contributed by atoms with Gasteiger partial charge in [-0.25, -0.2) is 18.0 Å². The van der Waals surface area contributed by atoms with Crippen LogP contribution in [0.4, 0.5) is 22.0 Å². The summed E-state index contributed by atoms with van der Waals surface area (Å²) in [5, 5.41) is 0. The van der Waals surface area contributed by atoms with Crippen molar-refractivity contribution in [2.45, 2.75) is 110 Å². The first-order chi connectivity index (χ1) is 15.9. The average Bonchev–Trinajstić information content (AvgIpc) is 2.81. The Balaban J connectivity index is 2.05. The maximum Gasteiger partial charge on any atom is 0.336 e. The standard InChI is InChI=1S/C26H37F5O2/c1-2-3-4-5-6-7-8-9-10-11-12-13-14-15-16-17-18-19-20(32)33-26-24(30)22(28)21(27)23(29)25(26)31/h18-19H,2-17H2,1H3. The monoisotopic (exact) mass is 476 g/mol. The van der Waals surface area contributed by atoms with Crippen LogP contribution in [0.1, 0.15) is 110 Å². The van der Waals surface area contributed by atoms with Crippen LogP contribution in [-0.4, -0.2) is 5.97 Å².